The number of hydrogen-bond acceptors (Lipinski definition) is 3. The van der Waals surface area contributed by atoms with Crippen LogP contribution in [0.1, 0.15) is 18.4 Å². The summed E-state index contributed by atoms with van der Waals surface area (Å²) in [5, 5.41) is 0. The van der Waals surface area contributed by atoms with Gasteiger partial charge in [-0.05, 0) is 30.2 Å². The van der Waals surface area contributed by atoms with E-state index in [1.165, 1.54) is 0 Å². The molecule has 4 nitrogen and oxygen atoms in total. The third kappa shape index (κ3) is 2.73. The van der Waals surface area contributed by atoms with E-state index < -0.39 is 0 Å². The molecular formula is C15H20N2O2. The molecular weight excluding hydrogens is 240 g/mol. The van der Waals surface area contributed by atoms with E-state index >= 15 is 0 Å². The first-order valence-corrected chi connectivity index (χ1v) is 6.97. The fourth-order valence-electron chi connectivity index (χ4n) is 3.00. The third-order valence-corrected chi connectivity index (χ3v) is 4.33. The minimum absolute atomic E-state index is 0.196. The van der Waals surface area contributed by atoms with Crippen LogP contribution in [0.5, 0.6) is 0 Å². The molecule has 1 aliphatic carbocycles. The van der Waals surface area contributed by atoms with E-state index in [2.05, 4.69) is 0 Å². The van der Waals surface area contributed by atoms with Gasteiger partial charge in [0.1, 0.15) is 6.61 Å². The second-order valence-corrected chi connectivity index (χ2v) is 5.51. The predicted molar refractivity (Wildman–Crippen MR) is 72.4 cm³/mol. The topological polar surface area (TPSA) is 55.6 Å². The van der Waals surface area contributed by atoms with Crippen LogP contribution in [-0.4, -0.2) is 30.1 Å². The fourth-order valence-corrected chi connectivity index (χ4v) is 3.00. The van der Waals surface area contributed by atoms with Crippen molar-refractivity contribution < 1.29 is 9.53 Å². The maximum Gasteiger partial charge on any atom is 0.410 e. The number of fused-ring (bicyclic) bond motifs is 1. The lowest BCUT2D eigenvalue weighted by Gasteiger charge is -2.20. The van der Waals surface area contributed by atoms with Gasteiger partial charge in [-0.1, -0.05) is 30.3 Å². The van der Waals surface area contributed by atoms with Crippen molar-refractivity contribution in [1.82, 2.24) is 4.90 Å². The van der Waals surface area contributed by atoms with Crippen LogP contribution < -0.4 is 5.73 Å². The summed E-state index contributed by atoms with van der Waals surface area (Å²) in [6, 6.07) is 10.2. The lowest BCUT2D eigenvalue weighted by molar-refractivity contribution is 0.0962. The number of carbonyl (C=O) groups is 1. The standard InChI is InChI=1S/C15H20N2O2/c16-14-12-6-8-17(9-7-13(12)14)15(18)19-10-11-4-2-1-3-5-11/h1-5,12-14H,6-10,16H2. The van der Waals surface area contributed by atoms with Gasteiger partial charge in [-0.2, -0.15) is 0 Å². The molecule has 1 aromatic carbocycles. The number of likely N-dealkylation sites (tertiary alicyclic amines) is 1. The highest BCUT2D eigenvalue weighted by atomic mass is 16.6. The van der Waals surface area contributed by atoms with Crippen LogP contribution in [0.2, 0.25) is 0 Å². The van der Waals surface area contributed by atoms with Gasteiger partial charge < -0.3 is 15.4 Å². The number of nitrogens with zero attached hydrogens (tertiary/aromatic N) is 1. The van der Waals surface area contributed by atoms with Crippen LogP contribution in [0.15, 0.2) is 30.3 Å². The van der Waals surface area contributed by atoms with Crippen LogP contribution in [0.25, 0.3) is 0 Å². The predicted octanol–water partition coefficient (Wildman–Crippen LogP) is 1.99. The zero-order valence-electron chi connectivity index (χ0n) is 11.0. The van der Waals surface area contributed by atoms with Crippen LogP contribution in [0.4, 0.5) is 4.79 Å². The zero-order valence-corrected chi connectivity index (χ0v) is 11.0. The average molecular weight is 260 g/mol. The van der Waals surface area contributed by atoms with E-state index in [4.69, 9.17) is 10.5 Å². The fraction of sp³-hybridized carbons (Fsp3) is 0.533. The molecule has 19 heavy (non-hydrogen) atoms. The highest BCUT2D eigenvalue weighted by Gasteiger charge is 2.48. The summed E-state index contributed by atoms with van der Waals surface area (Å²) < 4.78 is 5.36. The highest BCUT2D eigenvalue weighted by Crippen LogP contribution is 2.44. The molecule has 4 heteroatoms. The zero-order chi connectivity index (χ0) is 13.2. The molecule has 1 aromatic rings. The monoisotopic (exact) mass is 260 g/mol. The molecule has 1 aliphatic heterocycles. The maximum atomic E-state index is 12.0. The normalized spacial score (nSPS) is 29.3. The molecule has 0 spiro atoms. The lowest BCUT2D eigenvalue weighted by Crippen LogP contribution is -2.33. The Hall–Kier alpha value is -1.55. The Bertz CT molecular complexity index is 435. The average Bonchev–Trinajstić information content (AvgIpc) is 3.12. The number of rotatable bonds is 2. The van der Waals surface area contributed by atoms with Crippen molar-refractivity contribution in [2.24, 2.45) is 17.6 Å². The van der Waals surface area contributed by atoms with Crippen molar-refractivity contribution in [3.05, 3.63) is 35.9 Å². The summed E-state index contributed by atoms with van der Waals surface area (Å²) >= 11 is 0. The molecule has 0 bridgehead atoms. The van der Waals surface area contributed by atoms with E-state index in [-0.39, 0.29) is 6.09 Å². The van der Waals surface area contributed by atoms with Gasteiger partial charge in [-0.3, -0.25) is 0 Å². The first-order valence-electron chi connectivity index (χ1n) is 6.97. The number of nitrogens with two attached hydrogens (primary N) is 1. The summed E-state index contributed by atoms with van der Waals surface area (Å²) in [6.45, 7) is 1.91. The first-order chi connectivity index (χ1) is 9.25. The minimum Gasteiger partial charge on any atom is -0.445 e. The Kier molecular flexibility index (Phi) is 3.42. The smallest absolute Gasteiger partial charge is 0.410 e. The second kappa shape index (κ2) is 5.21. The molecule has 2 unspecified atom stereocenters. The SMILES string of the molecule is NC1C2CCN(C(=O)OCc3ccccc3)CCC12. The van der Waals surface area contributed by atoms with Gasteiger partial charge in [0, 0.05) is 19.1 Å². The molecule has 0 radical (unpaired) electrons. The molecule has 2 atom stereocenters. The Morgan fingerprint density at radius 1 is 1.21 bits per heavy atom. The lowest BCUT2D eigenvalue weighted by atomic mass is 10.2. The van der Waals surface area contributed by atoms with E-state index in [0.29, 0.717) is 24.5 Å². The van der Waals surface area contributed by atoms with Crippen molar-refractivity contribution in [2.45, 2.75) is 25.5 Å². The van der Waals surface area contributed by atoms with Gasteiger partial charge in [0.2, 0.25) is 0 Å². The van der Waals surface area contributed by atoms with Crippen LogP contribution >= 0.6 is 0 Å². The molecule has 2 N–H and O–H groups in total. The molecule has 1 amide bonds. The van der Waals surface area contributed by atoms with Crippen molar-refractivity contribution in [1.29, 1.82) is 0 Å². The summed E-state index contributed by atoms with van der Waals surface area (Å²) in [5.74, 6) is 1.26. The summed E-state index contributed by atoms with van der Waals surface area (Å²) in [6.07, 6.45) is 1.84. The molecule has 102 valence electrons. The van der Waals surface area contributed by atoms with Crippen molar-refractivity contribution in [2.75, 3.05) is 13.1 Å². The van der Waals surface area contributed by atoms with Crippen LogP contribution in [-0.2, 0) is 11.3 Å². The van der Waals surface area contributed by atoms with Crippen LogP contribution in [0.3, 0.4) is 0 Å². The third-order valence-electron chi connectivity index (χ3n) is 4.33. The van der Waals surface area contributed by atoms with Gasteiger partial charge in [-0.15, -0.1) is 0 Å². The van der Waals surface area contributed by atoms with Crippen molar-refractivity contribution in [3.63, 3.8) is 0 Å². The minimum atomic E-state index is -0.196. The first kappa shape index (κ1) is 12.5. The van der Waals surface area contributed by atoms with Gasteiger partial charge in [-0.25, -0.2) is 4.79 Å². The molecule has 3 rings (SSSR count). The van der Waals surface area contributed by atoms with E-state index in [1.807, 2.05) is 35.2 Å². The summed E-state index contributed by atoms with van der Waals surface area (Å²) in [4.78, 5) is 13.8. The van der Waals surface area contributed by atoms with Gasteiger partial charge in [0.05, 0.1) is 0 Å². The maximum absolute atomic E-state index is 12.0. The van der Waals surface area contributed by atoms with Gasteiger partial charge >= 0.3 is 6.09 Å². The van der Waals surface area contributed by atoms with Crippen molar-refractivity contribution >= 4 is 6.09 Å². The van der Waals surface area contributed by atoms with E-state index in [1.54, 1.807) is 0 Å². The van der Waals surface area contributed by atoms with Gasteiger partial charge in [0.15, 0.2) is 0 Å². The summed E-state index contributed by atoms with van der Waals surface area (Å²) in [5.41, 5.74) is 6.99. The van der Waals surface area contributed by atoms with E-state index in [9.17, 15) is 4.79 Å². The molecule has 2 aliphatic rings. The molecule has 1 saturated heterocycles. The number of ether oxygens (including phenoxy) is 1. The molecule has 0 aromatic heterocycles. The van der Waals surface area contributed by atoms with Crippen molar-refractivity contribution in [3.8, 4) is 0 Å². The number of amides is 1. The number of benzene rings is 1. The van der Waals surface area contributed by atoms with Gasteiger partial charge in [0.25, 0.3) is 0 Å². The Balaban J connectivity index is 1.48. The quantitative estimate of drug-likeness (QED) is 0.884. The molecule has 1 heterocycles. The Morgan fingerprint density at radius 2 is 1.84 bits per heavy atom. The second-order valence-electron chi connectivity index (χ2n) is 5.51. The molecule has 2 fully saturated rings. The van der Waals surface area contributed by atoms with E-state index in [0.717, 1.165) is 31.5 Å². The Labute approximate surface area is 113 Å². The number of hydrogen-bond donors (Lipinski definition) is 1. The summed E-state index contributed by atoms with van der Waals surface area (Å²) in [7, 11) is 0. The Morgan fingerprint density at radius 3 is 2.47 bits per heavy atom. The number of carbonyl (C=O) groups excluding carboxylic acids is 1. The van der Waals surface area contributed by atoms with Crippen LogP contribution in [0, 0.1) is 11.8 Å². The molecule has 1 saturated carbocycles. The highest BCUT2D eigenvalue weighted by molar-refractivity contribution is 5.67. The largest absolute Gasteiger partial charge is 0.445 e.